The Balaban J connectivity index is 1.63. The molecule has 1 N–H and O–H groups in total. The molecule has 2 amide bonds. The number of urea groups is 1. The summed E-state index contributed by atoms with van der Waals surface area (Å²) < 4.78 is 40.3. The maximum atomic E-state index is 13.9. The quantitative estimate of drug-likeness (QED) is 0.809. The summed E-state index contributed by atoms with van der Waals surface area (Å²) in [6.45, 7) is 1.24. The van der Waals surface area contributed by atoms with Crippen LogP contribution in [0.4, 0.5) is 29.3 Å². The van der Waals surface area contributed by atoms with Crippen LogP contribution in [0.2, 0.25) is 5.02 Å². The number of hydrogen-bond acceptors (Lipinski definition) is 2. The molecule has 8 heteroatoms. The number of nitrogens with one attached hydrogen (secondary N) is 1. The zero-order valence-electron chi connectivity index (χ0n) is 13.1. The van der Waals surface area contributed by atoms with E-state index in [1.807, 2.05) is 0 Å². The van der Waals surface area contributed by atoms with Gasteiger partial charge in [-0.2, -0.15) is 0 Å². The lowest BCUT2D eigenvalue weighted by molar-refractivity contribution is 0.208. The van der Waals surface area contributed by atoms with Crippen LogP contribution in [0.25, 0.3) is 0 Å². The smallest absolute Gasteiger partial charge is 0.322 e. The van der Waals surface area contributed by atoms with Gasteiger partial charge in [0.1, 0.15) is 0 Å². The maximum Gasteiger partial charge on any atom is 0.322 e. The monoisotopic (exact) mass is 369 g/mol. The van der Waals surface area contributed by atoms with Gasteiger partial charge in [0.2, 0.25) is 0 Å². The fraction of sp³-hybridized carbons (Fsp3) is 0.235. The molecule has 2 aromatic rings. The van der Waals surface area contributed by atoms with E-state index in [1.165, 1.54) is 6.07 Å². The molecule has 0 unspecified atom stereocenters. The normalized spacial score (nSPS) is 14.6. The summed E-state index contributed by atoms with van der Waals surface area (Å²) in [7, 11) is 0. The van der Waals surface area contributed by atoms with Crippen LogP contribution in [0.3, 0.4) is 0 Å². The van der Waals surface area contributed by atoms with Crippen molar-refractivity contribution >= 4 is 29.0 Å². The number of anilines is 2. The third-order valence-electron chi connectivity index (χ3n) is 4.04. The van der Waals surface area contributed by atoms with Gasteiger partial charge in [-0.25, -0.2) is 18.0 Å². The number of carbonyl (C=O) groups is 1. The highest BCUT2D eigenvalue weighted by atomic mass is 35.5. The van der Waals surface area contributed by atoms with Crippen molar-refractivity contribution in [3.05, 3.63) is 58.9 Å². The molecule has 0 aliphatic carbocycles. The first kappa shape index (κ1) is 17.4. The van der Waals surface area contributed by atoms with Crippen LogP contribution in [0, 0.1) is 17.5 Å². The highest BCUT2D eigenvalue weighted by Crippen LogP contribution is 2.25. The summed E-state index contributed by atoms with van der Waals surface area (Å²) in [5, 5.41) is 3.14. The minimum absolute atomic E-state index is 0.00920. The first-order valence-electron chi connectivity index (χ1n) is 7.66. The van der Waals surface area contributed by atoms with Gasteiger partial charge in [-0.15, -0.1) is 0 Å². The average molecular weight is 370 g/mol. The van der Waals surface area contributed by atoms with E-state index in [4.69, 9.17) is 11.6 Å². The molecule has 3 rings (SSSR count). The molecule has 4 nitrogen and oxygen atoms in total. The number of benzene rings is 2. The first-order chi connectivity index (χ1) is 12.0. The van der Waals surface area contributed by atoms with Gasteiger partial charge >= 0.3 is 6.03 Å². The molecule has 2 aromatic carbocycles. The Hall–Kier alpha value is -2.41. The second-order valence-corrected chi connectivity index (χ2v) is 5.99. The lowest BCUT2D eigenvalue weighted by Crippen LogP contribution is -2.50. The van der Waals surface area contributed by atoms with Gasteiger partial charge in [0.15, 0.2) is 17.5 Å². The van der Waals surface area contributed by atoms with Crippen molar-refractivity contribution in [1.82, 2.24) is 4.90 Å². The third-order valence-corrected chi connectivity index (χ3v) is 4.37. The Kier molecular flexibility index (Phi) is 5.03. The molecule has 0 saturated carbocycles. The van der Waals surface area contributed by atoms with Crippen molar-refractivity contribution in [2.24, 2.45) is 0 Å². The Morgan fingerprint density at radius 3 is 2.32 bits per heavy atom. The van der Waals surface area contributed by atoms with E-state index in [-0.39, 0.29) is 11.7 Å². The summed E-state index contributed by atoms with van der Waals surface area (Å²) in [6, 6.07) is 8.64. The van der Waals surface area contributed by atoms with Gasteiger partial charge in [-0.1, -0.05) is 23.7 Å². The fourth-order valence-electron chi connectivity index (χ4n) is 2.67. The van der Waals surface area contributed by atoms with Crippen LogP contribution in [0.1, 0.15) is 0 Å². The number of piperazine rings is 1. The molecule has 1 heterocycles. The molecule has 0 radical (unpaired) electrons. The maximum absolute atomic E-state index is 13.9. The zero-order valence-corrected chi connectivity index (χ0v) is 13.9. The van der Waals surface area contributed by atoms with Gasteiger partial charge in [-0.3, -0.25) is 0 Å². The first-order valence-corrected chi connectivity index (χ1v) is 8.04. The largest absolute Gasteiger partial charge is 0.366 e. The van der Waals surface area contributed by atoms with Gasteiger partial charge < -0.3 is 15.1 Å². The molecular formula is C17H15ClF3N3O. The highest BCUT2D eigenvalue weighted by Gasteiger charge is 2.25. The average Bonchev–Trinajstić information content (AvgIpc) is 2.62. The molecule has 1 fully saturated rings. The van der Waals surface area contributed by atoms with Crippen LogP contribution in [0.15, 0.2) is 36.4 Å². The highest BCUT2D eigenvalue weighted by molar-refractivity contribution is 6.33. The summed E-state index contributed by atoms with van der Waals surface area (Å²) in [6.07, 6.45) is 0. The Bertz CT molecular complexity index is 795. The van der Waals surface area contributed by atoms with Gasteiger partial charge in [0.05, 0.1) is 16.4 Å². The van der Waals surface area contributed by atoms with Crippen LogP contribution >= 0.6 is 11.6 Å². The topological polar surface area (TPSA) is 35.6 Å². The molecule has 132 valence electrons. The predicted octanol–water partition coefficient (Wildman–Crippen LogP) is 4.11. The third kappa shape index (κ3) is 3.66. The number of halogens is 4. The van der Waals surface area contributed by atoms with Crippen molar-refractivity contribution in [3.8, 4) is 0 Å². The molecule has 0 atom stereocenters. The van der Waals surface area contributed by atoms with Crippen LogP contribution < -0.4 is 10.2 Å². The lowest BCUT2D eigenvalue weighted by Gasteiger charge is -2.36. The summed E-state index contributed by atoms with van der Waals surface area (Å²) in [5.74, 6) is -3.93. The van der Waals surface area contributed by atoms with Gasteiger partial charge in [-0.05, 0) is 24.3 Å². The molecule has 1 aliphatic heterocycles. The standard InChI is InChI=1S/C17H15ClF3N3O/c18-11-3-1-2-4-13(11)22-17(25)24-9-7-23(8-10-24)14-6-5-12(19)15(20)16(14)21/h1-6H,7-10H2,(H,22,25). The van der Waals surface area contributed by atoms with Crippen molar-refractivity contribution in [1.29, 1.82) is 0 Å². The molecule has 25 heavy (non-hydrogen) atoms. The van der Waals surface area contributed by atoms with E-state index in [2.05, 4.69) is 5.32 Å². The lowest BCUT2D eigenvalue weighted by atomic mass is 10.2. The number of hydrogen-bond donors (Lipinski definition) is 1. The van der Waals surface area contributed by atoms with E-state index < -0.39 is 17.5 Å². The second-order valence-electron chi connectivity index (χ2n) is 5.58. The Labute approximate surface area is 147 Å². The molecule has 0 aromatic heterocycles. The number of carbonyl (C=O) groups excluding carboxylic acids is 1. The van der Waals surface area contributed by atoms with Crippen molar-refractivity contribution in [2.45, 2.75) is 0 Å². The van der Waals surface area contributed by atoms with E-state index in [0.717, 1.165) is 6.07 Å². The molecule has 0 bridgehead atoms. The van der Waals surface area contributed by atoms with E-state index >= 15 is 0 Å². The van der Waals surface area contributed by atoms with Crippen molar-refractivity contribution in [3.63, 3.8) is 0 Å². The number of nitrogens with zero attached hydrogens (tertiary/aromatic N) is 2. The van der Waals surface area contributed by atoms with Crippen molar-refractivity contribution < 1.29 is 18.0 Å². The van der Waals surface area contributed by atoms with E-state index in [9.17, 15) is 18.0 Å². The molecule has 0 spiro atoms. The van der Waals surface area contributed by atoms with E-state index in [0.29, 0.717) is 36.9 Å². The summed E-state index contributed by atoms with van der Waals surface area (Å²) in [4.78, 5) is 15.4. The number of para-hydroxylation sites is 1. The summed E-state index contributed by atoms with van der Waals surface area (Å²) in [5.41, 5.74) is 0.494. The minimum Gasteiger partial charge on any atom is -0.366 e. The van der Waals surface area contributed by atoms with Gasteiger partial charge in [0, 0.05) is 26.2 Å². The zero-order chi connectivity index (χ0) is 18.0. The van der Waals surface area contributed by atoms with Crippen LogP contribution in [-0.2, 0) is 0 Å². The number of amides is 2. The number of rotatable bonds is 2. The minimum atomic E-state index is -1.49. The molecule has 1 aliphatic rings. The van der Waals surface area contributed by atoms with E-state index in [1.54, 1.807) is 34.1 Å². The predicted molar refractivity (Wildman–Crippen MR) is 90.6 cm³/mol. The Morgan fingerprint density at radius 2 is 1.64 bits per heavy atom. The van der Waals surface area contributed by atoms with Crippen LogP contribution in [0.5, 0.6) is 0 Å². The SMILES string of the molecule is O=C(Nc1ccccc1Cl)N1CCN(c2ccc(F)c(F)c2F)CC1. The fourth-order valence-corrected chi connectivity index (χ4v) is 2.85. The van der Waals surface area contributed by atoms with Gasteiger partial charge in [0.25, 0.3) is 0 Å². The van der Waals surface area contributed by atoms with Crippen LogP contribution in [-0.4, -0.2) is 37.1 Å². The second kappa shape index (κ2) is 7.23. The Morgan fingerprint density at radius 1 is 0.960 bits per heavy atom. The van der Waals surface area contributed by atoms with Crippen molar-refractivity contribution in [2.75, 3.05) is 36.4 Å². The molecule has 1 saturated heterocycles. The molecular weight excluding hydrogens is 355 g/mol. The summed E-state index contributed by atoms with van der Waals surface area (Å²) >= 11 is 6.01.